The van der Waals surface area contributed by atoms with E-state index in [4.69, 9.17) is 4.74 Å². The number of esters is 1. The molecule has 2 amide bonds. The summed E-state index contributed by atoms with van der Waals surface area (Å²) in [6, 6.07) is 14.1. The second-order valence-corrected chi connectivity index (χ2v) is 8.87. The van der Waals surface area contributed by atoms with Crippen LogP contribution in [0.2, 0.25) is 0 Å². The molecule has 0 spiro atoms. The van der Waals surface area contributed by atoms with E-state index in [1.165, 1.54) is 0 Å². The molecule has 0 radical (unpaired) electrons. The molecule has 2 bridgehead atoms. The van der Waals surface area contributed by atoms with Gasteiger partial charge in [-0.05, 0) is 61.2 Å². The van der Waals surface area contributed by atoms with Crippen LogP contribution < -0.4 is 10.6 Å². The molecule has 148 valence electrons. The fourth-order valence-corrected chi connectivity index (χ4v) is 5.33. The third-order valence-electron chi connectivity index (χ3n) is 6.28. The van der Waals surface area contributed by atoms with E-state index in [9.17, 15) is 14.4 Å². The maximum atomic E-state index is 12.9. The average Bonchev–Trinajstić information content (AvgIpc) is 3.32. The molecule has 1 heterocycles. The molecular formula is C22H19BrN2O4. The zero-order chi connectivity index (χ0) is 20.1. The van der Waals surface area contributed by atoms with Crippen LogP contribution in [0.1, 0.15) is 23.2 Å². The highest BCUT2D eigenvalue weighted by atomic mass is 79.9. The van der Waals surface area contributed by atoms with Gasteiger partial charge in [-0.3, -0.25) is 14.4 Å². The van der Waals surface area contributed by atoms with Gasteiger partial charge in [0.05, 0.1) is 11.8 Å². The fraction of sp³-hybridized carbons (Fsp3) is 0.318. The van der Waals surface area contributed by atoms with E-state index in [0.29, 0.717) is 16.9 Å². The molecule has 0 aromatic heterocycles. The van der Waals surface area contributed by atoms with Gasteiger partial charge in [0, 0.05) is 27.3 Å². The number of benzene rings is 2. The molecule has 2 aliphatic carbocycles. The lowest BCUT2D eigenvalue weighted by atomic mass is 9.79. The van der Waals surface area contributed by atoms with Crippen molar-refractivity contribution in [1.82, 2.24) is 0 Å². The number of halogens is 1. The summed E-state index contributed by atoms with van der Waals surface area (Å²) in [5, 5.41) is 5.74. The van der Waals surface area contributed by atoms with Gasteiger partial charge < -0.3 is 15.4 Å². The number of ether oxygens (including phenoxy) is 1. The average molecular weight is 455 g/mol. The van der Waals surface area contributed by atoms with Gasteiger partial charge in [-0.25, -0.2) is 0 Å². The molecule has 7 heteroatoms. The number of nitrogens with one attached hydrogen (secondary N) is 2. The topological polar surface area (TPSA) is 84.5 Å². The summed E-state index contributed by atoms with van der Waals surface area (Å²) >= 11 is 3.36. The van der Waals surface area contributed by atoms with Gasteiger partial charge >= 0.3 is 5.97 Å². The van der Waals surface area contributed by atoms with Crippen LogP contribution in [0.15, 0.2) is 53.0 Å². The summed E-state index contributed by atoms with van der Waals surface area (Å²) in [5.74, 6) is -0.927. The molecule has 0 unspecified atom stereocenters. The van der Waals surface area contributed by atoms with E-state index in [0.717, 1.165) is 17.3 Å². The van der Waals surface area contributed by atoms with E-state index in [2.05, 4.69) is 26.6 Å². The zero-order valence-corrected chi connectivity index (χ0v) is 17.0. The van der Waals surface area contributed by atoms with Crippen molar-refractivity contribution < 1.29 is 19.1 Å². The molecule has 29 heavy (non-hydrogen) atoms. The molecule has 2 aromatic rings. The molecule has 2 aromatic carbocycles. The highest BCUT2D eigenvalue weighted by Crippen LogP contribution is 2.57. The zero-order valence-electron chi connectivity index (χ0n) is 15.4. The second kappa shape index (κ2) is 6.99. The maximum Gasteiger partial charge on any atom is 0.310 e. The predicted molar refractivity (Wildman–Crippen MR) is 110 cm³/mol. The number of hydrogen-bond donors (Lipinski definition) is 2. The number of rotatable bonds is 4. The van der Waals surface area contributed by atoms with E-state index in [1.54, 1.807) is 36.4 Å². The normalized spacial score (nSPS) is 28.9. The standard InChI is InChI=1S/C22H19BrN2O4/c23-13-4-6-14(7-5-13)24-20(26)11-2-1-3-15(8-11)25-21(27)18-12-9-16-17(10-12)29-22(28)19(16)18/h1-8,12,16-19H,9-10H2,(H,24,26)(H,25,27)/t12-,16+,17-,18-,19-/m1/s1. The lowest BCUT2D eigenvalue weighted by molar-refractivity contribution is -0.145. The Hall–Kier alpha value is -2.67. The number of fused-ring (bicyclic) bond motifs is 1. The number of hydrogen-bond acceptors (Lipinski definition) is 4. The Bertz CT molecular complexity index is 1000. The van der Waals surface area contributed by atoms with Crippen molar-refractivity contribution in [3.05, 3.63) is 58.6 Å². The SMILES string of the molecule is O=C(Nc1ccc(Br)cc1)c1cccc(NC(=O)[C@@H]2[C@@H]3C[C@@H]4[C@H]2C(=O)O[C@@H]4C3)c1. The minimum absolute atomic E-state index is 0.00665. The largest absolute Gasteiger partial charge is 0.462 e. The summed E-state index contributed by atoms with van der Waals surface area (Å²) in [4.78, 5) is 37.6. The van der Waals surface area contributed by atoms with E-state index in [1.807, 2.05) is 12.1 Å². The minimum Gasteiger partial charge on any atom is -0.462 e. The van der Waals surface area contributed by atoms with E-state index < -0.39 is 0 Å². The summed E-state index contributed by atoms with van der Waals surface area (Å²) in [5.41, 5.74) is 1.67. The van der Waals surface area contributed by atoms with Crippen molar-refractivity contribution in [2.75, 3.05) is 10.6 Å². The Balaban J connectivity index is 1.29. The first-order valence-electron chi connectivity index (χ1n) is 9.68. The Kier molecular flexibility index (Phi) is 4.42. The first kappa shape index (κ1) is 18.4. The summed E-state index contributed by atoms with van der Waals surface area (Å²) in [6.45, 7) is 0. The smallest absolute Gasteiger partial charge is 0.310 e. The van der Waals surface area contributed by atoms with Crippen LogP contribution in [-0.4, -0.2) is 23.9 Å². The molecule has 2 N–H and O–H groups in total. The lowest BCUT2D eigenvalue weighted by Gasteiger charge is -2.23. The number of carbonyl (C=O) groups is 3. The first-order chi connectivity index (χ1) is 14.0. The first-order valence-corrected chi connectivity index (χ1v) is 10.5. The highest BCUT2D eigenvalue weighted by molar-refractivity contribution is 9.10. The number of amides is 2. The molecule has 3 aliphatic rings. The number of anilines is 2. The molecule has 5 rings (SSSR count). The van der Waals surface area contributed by atoms with Crippen LogP contribution >= 0.6 is 15.9 Å². The minimum atomic E-state index is -0.341. The maximum absolute atomic E-state index is 12.9. The quantitative estimate of drug-likeness (QED) is 0.687. The van der Waals surface area contributed by atoms with Crippen molar-refractivity contribution in [2.24, 2.45) is 23.7 Å². The summed E-state index contributed by atoms with van der Waals surface area (Å²) in [6.07, 6.45) is 1.67. The predicted octanol–water partition coefficient (Wildman–Crippen LogP) is 3.84. The van der Waals surface area contributed by atoms with Crippen molar-refractivity contribution in [3.8, 4) is 0 Å². The highest BCUT2D eigenvalue weighted by Gasteiger charge is 2.63. The molecule has 5 atom stereocenters. The third-order valence-corrected chi connectivity index (χ3v) is 6.81. The van der Waals surface area contributed by atoms with E-state index in [-0.39, 0.29) is 47.6 Å². The third kappa shape index (κ3) is 3.23. The second-order valence-electron chi connectivity index (χ2n) is 7.95. The number of carbonyl (C=O) groups excluding carboxylic acids is 3. The van der Waals surface area contributed by atoms with Gasteiger partial charge in [0.2, 0.25) is 5.91 Å². The summed E-state index contributed by atoms with van der Waals surface area (Å²) in [7, 11) is 0. The van der Waals surface area contributed by atoms with Gasteiger partial charge in [0.1, 0.15) is 6.10 Å². The Morgan fingerprint density at radius 2 is 1.79 bits per heavy atom. The van der Waals surface area contributed by atoms with Gasteiger partial charge in [0.25, 0.3) is 5.91 Å². The van der Waals surface area contributed by atoms with Crippen LogP contribution in [0, 0.1) is 23.7 Å². The van der Waals surface area contributed by atoms with Crippen LogP contribution in [-0.2, 0) is 14.3 Å². The molecule has 6 nitrogen and oxygen atoms in total. The van der Waals surface area contributed by atoms with Crippen LogP contribution in [0.25, 0.3) is 0 Å². The van der Waals surface area contributed by atoms with Crippen LogP contribution in [0.3, 0.4) is 0 Å². The monoisotopic (exact) mass is 454 g/mol. The van der Waals surface area contributed by atoms with Gasteiger partial charge in [-0.1, -0.05) is 22.0 Å². The Morgan fingerprint density at radius 1 is 1.00 bits per heavy atom. The van der Waals surface area contributed by atoms with Crippen molar-refractivity contribution in [3.63, 3.8) is 0 Å². The van der Waals surface area contributed by atoms with Crippen molar-refractivity contribution in [2.45, 2.75) is 18.9 Å². The van der Waals surface area contributed by atoms with Crippen molar-refractivity contribution >= 4 is 45.1 Å². The Labute approximate surface area is 176 Å². The fourth-order valence-electron chi connectivity index (χ4n) is 5.06. The molecule has 1 aliphatic heterocycles. The molecule has 1 saturated heterocycles. The molecule has 2 saturated carbocycles. The molecule has 3 fully saturated rings. The van der Waals surface area contributed by atoms with Gasteiger partial charge in [-0.2, -0.15) is 0 Å². The lowest BCUT2D eigenvalue weighted by Crippen LogP contribution is -2.35. The summed E-state index contributed by atoms with van der Waals surface area (Å²) < 4.78 is 6.34. The van der Waals surface area contributed by atoms with Gasteiger partial charge in [-0.15, -0.1) is 0 Å². The van der Waals surface area contributed by atoms with Crippen molar-refractivity contribution in [1.29, 1.82) is 0 Å². The van der Waals surface area contributed by atoms with Crippen LogP contribution in [0.4, 0.5) is 11.4 Å². The van der Waals surface area contributed by atoms with E-state index >= 15 is 0 Å². The van der Waals surface area contributed by atoms with Gasteiger partial charge in [0.15, 0.2) is 0 Å². The molecular weight excluding hydrogens is 436 g/mol. The van der Waals surface area contributed by atoms with Crippen LogP contribution in [0.5, 0.6) is 0 Å². The Morgan fingerprint density at radius 3 is 2.59 bits per heavy atom.